The van der Waals surface area contributed by atoms with Crippen LogP contribution in [0.1, 0.15) is 31.0 Å². The van der Waals surface area contributed by atoms with Crippen LogP contribution in [0.3, 0.4) is 0 Å². The first-order chi connectivity index (χ1) is 15.9. The molecule has 0 spiro atoms. The van der Waals surface area contributed by atoms with Crippen molar-refractivity contribution >= 4 is 39.1 Å². The standard InChI is InChI=1S/C24H19BrN2O5S/c1-12-21(13(2)28)22(14-4-6-16(30-3)7-5-14)27-23(29)20(33-24(27)26-12)9-15-8-18-19(10-17(15)25)32-11-31-18/h4-10,22H,11H2,1-3H3/b20-9+/t22-/m0/s1. The lowest BCUT2D eigenvalue weighted by molar-refractivity contribution is -0.114. The average Bonchev–Trinajstić information content (AvgIpc) is 3.36. The molecule has 3 heterocycles. The Kier molecular flexibility index (Phi) is 5.46. The lowest BCUT2D eigenvalue weighted by atomic mass is 9.93. The molecule has 0 amide bonds. The summed E-state index contributed by atoms with van der Waals surface area (Å²) >= 11 is 4.83. The minimum Gasteiger partial charge on any atom is -0.497 e. The number of rotatable bonds is 4. The summed E-state index contributed by atoms with van der Waals surface area (Å²) in [6.45, 7) is 3.48. The zero-order valence-electron chi connectivity index (χ0n) is 18.0. The second-order valence-electron chi connectivity index (χ2n) is 7.64. The lowest BCUT2D eigenvalue weighted by Gasteiger charge is -2.24. The number of halogens is 1. The molecule has 0 radical (unpaired) electrons. The van der Waals surface area contributed by atoms with Crippen LogP contribution in [0.5, 0.6) is 17.2 Å². The van der Waals surface area contributed by atoms with Gasteiger partial charge in [0.25, 0.3) is 5.56 Å². The van der Waals surface area contributed by atoms with Crippen LogP contribution in [0.25, 0.3) is 6.08 Å². The van der Waals surface area contributed by atoms with Crippen LogP contribution < -0.4 is 29.1 Å². The molecule has 2 aliphatic rings. The van der Waals surface area contributed by atoms with Crippen LogP contribution in [-0.4, -0.2) is 24.3 Å². The summed E-state index contributed by atoms with van der Waals surface area (Å²) in [7, 11) is 1.59. The van der Waals surface area contributed by atoms with Gasteiger partial charge in [0.15, 0.2) is 22.1 Å². The maximum Gasteiger partial charge on any atom is 0.271 e. The van der Waals surface area contributed by atoms with E-state index in [4.69, 9.17) is 14.2 Å². The Morgan fingerprint density at radius 3 is 2.61 bits per heavy atom. The van der Waals surface area contributed by atoms with Gasteiger partial charge in [0.2, 0.25) is 6.79 Å². The van der Waals surface area contributed by atoms with Gasteiger partial charge >= 0.3 is 0 Å². The van der Waals surface area contributed by atoms with Crippen LogP contribution in [0.2, 0.25) is 0 Å². The molecule has 168 valence electrons. The van der Waals surface area contributed by atoms with Crippen molar-refractivity contribution in [3.8, 4) is 17.2 Å². The van der Waals surface area contributed by atoms with Crippen molar-refractivity contribution in [2.75, 3.05) is 13.9 Å². The van der Waals surface area contributed by atoms with E-state index < -0.39 is 6.04 Å². The zero-order valence-corrected chi connectivity index (χ0v) is 20.5. The molecule has 0 fully saturated rings. The van der Waals surface area contributed by atoms with E-state index >= 15 is 0 Å². The number of hydrogen-bond donors (Lipinski definition) is 0. The third kappa shape index (κ3) is 3.71. The molecule has 5 rings (SSSR count). The molecule has 2 aliphatic heterocycles. The van der Waals surface area contributed by atoms with Crippen molar-refractivity contribution in [3.63, 3.8) is 0 Å². The highest BCUT2D eigenvalue weighted by molar-refractivity contribution is 9.10. The number of fused-ring (bicyclic) bond motifs is 2. The summed E-state index contributed by atoms with van der Waals surface area (Å²) in [6, 6.07) is 10.5. The Hall–Kier alpha value is -3.17. The number of ether oxygens (including phenoxy) is 3. The van der Waals surface area contributed by atoms with Crippen molar-refractivity contribution < 1.29 is 19.0 Å². The zero-order chi connectivity index (χ0) is 23.3. The molecular weight excluding hydrogens is 508 g/mol. The van der Waals surface area contributed by atoms with Gasteiger partial charge in [-0.3, -0.25) is 14.2 Å². The Bertz CT molecular complexity index is 1500. The predicted octanol–water partition coefficient (Wildman–Crippen LogP) is 3.32. The Morgan fingerprint density at radius 1 is 1.24 bits per heavy atom. The highest BCUT2D eigenvalue weighted by Gasteiger charge is 2.30. The molecule has 9 heteroatoms. The molecule has 33 heavy (non-hydrogen) atoms. The fourth-order valence-corrected chi connectivity index (χ4v) is 5.53. The summed E-state index contributed by atoms with van der Waals surface area (Å²) in [6.07, 6.45) is 1.80. The molecule has 3 aromatic rings. The first-order valence-electron chi connectivity index (χ1n) is 10.1. The number of carbonyl (C=O) groups is 1. The molecule has 0 bridgehead atoms. The minimum atomic E-state index is -0.563. The van der Waals surface area contributed by atoms with Gasteiger partial charge in [-0.15, -0.1) is 0 Å². The highest BCUT2D eigenvalue weighted by Crippen LogP contribution is 2.37. The Labute approximate surface area is 201 Å². The van der Waals surface area contributed by atoms with E-state index in [1.54, 1.807) is 24.7 Å². The number of allylic oxidation sites excluding steroid dienone is 2. The third-order valence-corrected chi connectivity index (χ3v) is 7.28. The maximum absolute atomic E-state index is 13.6. The second kappa shape index (κ2) is 8.31. The van der Waals surface area contributed by atoms with Crippen molar-refractivity contribution in [2.24, 2.45) is 4.99 Å². The number of Topliss-reactive ketones (excluding diaryl/α,β-unsaturated/α-hetero) is 1. The number of ketones is 1. The topological polar surface area (TPSA) is 79.1 Å². The molecule has 0 N–H and O–H groups in total. The monoisotopic (exact) mass is 526 g/mol. The summed E-state index contributed by atoms with van der Waals surface area (Å²) in [4.78, 5) is 31.3. The van der Waals surface area contributed by atoms with Gasteiger partial charge in [-0.1, -0.05) is 39.4 Å². The highest BCUT2D eigenvalue weighted by atomic mass is 79.9. The van der Waals surface area contributed by atoms with E-state index in [9.17, 15) is 9.59 Å². The quantitative estimate of drug-likeness (QED) is 0.521. The van der Waals surface area contributed by atoms with Crippen LogP contribution in [-0.2, 0) is 4.79 Å². The Morgan fingerprint density at radius 2 is 1.94 bits per heavy atom. The van der Waals surface area contributed by atoms with Crippen molar-refractivity contribution in [1.82, 2.24) is 4.57 Å². The van der Waals surface area contributed by atoms with Crippen LogP contribution in [0.15, 0.2) is 61.9 Å². The molecule has 0 saturated carbocycles. The minimum absolute atomic E-state index is 0.120. The number of thiazole rings is 1. The van der Waals surface area contributed by atoms with Gasteiger partial charge < -0.3 is 14.2 Å². The normalized spacial score (nSPS) is 17.1. The molecule has 2 aromatic carbocycles. The number of methoxy groups -OCH3 is 1. The van der Waals surface area contributed by atoms with E-state index in [-0.39, 0.29) is 18.1 Å². The molecule has 1 aromatic heterocycles. The third-order valence-electron chi connectivity index (χ3n) is 5.61. The van der Waals surface area contributed by atoms with E-state index in [0.717, 1.165) is 15.6 Å². The smallest absolute Gasteiger partial charge is 0.271 e. The summed E-state index contributed by atoms with van der Waals surface area (Å²) < 4.78 is 19.0. The van der Waals surface area contributed by atoms with Gasteiger partial charge in [-0.25, -0.2) is 4.99 Å². The maximum atomic E-state index is 13.6. The van der Waals surface area contributed by atoms with Crippen LogP contribution >= 0.6 is 27.3 Å². The molecular formula is C24H19BrN2O5S. The van der Waals surface area contributed by atoms with E-state index in [2.05, 4.69) is 20.9 Å². The molecule has 0 unspecified atom stereocenters. The lowest BCUT2D eigenvalue weighted by Crippen LogP contribution is -2.39. The summed E-state index contributed by atoms with van der Waals surface area (Å²) in [5, 5.41) is 0. The van der Waals surface area contributed by atoms with Crippen molar-refractivity contribution in [3.05, 3.63) is 83.0 Å². The first kappa shape index (κ1) is 21.7. The fourth-order valence-electron chi connectivity index (χ4n) is 4.06. The number of nitrogens with zero attached hydrogens (tertiary/aromatic N) is 2. The van der Waals surface area contributed by atoms with Crippen LogP contribution in [0, 0.1) is 0 Å². The molecule has 1 atom stereocenters. The van der Waals surface area contributed by atoms with E-state index in [1.807, 2.05) is 36.4 Å². The van der Waals surface area contributed by atoms with E-state index in [1.165, 1.54) is 18.3 Å². The largest absolute Gasteiger partial charge is 0.497 e. The number of benzene rings is 2. The molecule has 7 nitrogen and oxygen atoms in total. The Balaban J connectivity index is 1.71. The second-order valence-corrected chi connectivity index (χ2v) is 9.50. The van der Waals surface area contributed by atoms with Gasteiger partial charge in [-0.2, -0.15) is 0 Å². The number of hydrogen-bond acceptors (Lipinski definition) is 7. The average molecular weight is 527 g/mol. The number of aromatic nitrogens is 1. The van der Waals surface area contributed by atoms with Gasteiger partial charge in [-0.05, 0) is 55.3 Å². The van der Waals surface area contributed by atoms with Gasteiger partial charge in [0.1, 0.15) is 5.75 Å². The van der Waals surface area contributed by atoms with Crippen molar-refractivity contribution in [2.45, 2.75) is 19.9 Å². The number of carbonyl (C=O) groups excluding carboxylic acids is 1. The van der Waals surface area contributed by atoms with E-state index in [0.29, 0.717) is 37.9 Å². The van der Waals surface area contributed by atoms with Crippen molar-refractivity contribution in [1.29, 1.82) is 0 Å². The van der Waals surface area contributed by atoms with Gasteiger partial charge in [0, 0.05) is 15.7 Å². The predicted molar refractivity (Wildman–Crippen MR) is 128 cm³/mol. The molecule has 0 aliphatic carbocycles. The SMILES string of the molecule is COc1ccc([C@H]2C(C(C)=O)=C(C)N=c3s/c(=C/c4cc5c(cc4Br)OCO5)c(=O)n32)cc1. The summed E-state index contributed by atoms with van der Waals surface area (Å²) in [5.74, 6) is 1.86. The van der Waals surface area contributed by atoms with Crippen LogP contribution in [0.4, 0.5) is 0 Å². The summed E-state index contributed by atoms with van der Waals surface area (Å²) in [5.41, 5.74) is 2.50. The molecule has 0 saturated heterocycles. The first-order valence-corrected chi connectivity index (χ1v) is 11.7. The van der Waals surface area contributed by atoms with Gasteiger partial charge in [0.05, 0.1) is 17.7 Å². The fraction of sp³-hybridized carbons (Fsp3) is 0.208.